The zero-order valence-corrected chi connectivity index (χ0v) is 17.1. The van der Waals surface area contributed by atoms with Gasteiger partial charge in [0, 0.05) is 10.4 Å². The summed E-state index contributed by atoms with van der Waals surface area (Å²) in [5, 5.41) is 0. The maximum atomic E-state index is 13.8. The number of halogens is 5. The molecule has 31 heavy (non-hydrogen) atoms. The fourth-order valence-electron chi connectivity index (χ4n) is 2.70. The van der Waals surface area contributed by atoms with Crippen LogP contribution in [-0.2, 0) is 6.61 Å². The van der Waals surface area contributed by atoms with Crippen LogP contribution >= 0.6 is 11.3 Å². The SMILES string of the molecule is COc1ccc(/C=C/C(=O)c2ccc(C)s2)cc1COc1c(F)c(F)c(F)c(F)c1F. The van der Waals surface area contributed by atoms with Crippen LogP contribution in [0.2, 0.25) is 0 Å². The second kappa shape index (κ2) is 9.30. The van der Waals surface area contributed by atoms with Gasteiger partial charge in [-0.3, -0.25) is 4.79 Å². The van der Waals surface area contributed by atoms with E-state index in [0.29, 0.717) is 10.4 Å². The minimum atomic E-state index is -2.27. The molecule has 2 aromatic carbocycles. The van der Waals surface area contributed by atoms with Crippen LogP contribution in [0.3, 0.4) is 0 Å². The number of hydrogen-bond donors (Lipinski definition) is 0. The normalized spacial score (nSPS) is 11.2. The highest BCUT2D eigenvalue weighted by atomic mass is 32.1. The third-order valence-corrected chi connectivity index (χ3v) is 5.27. The van der Waals surface area contributed by atoms with Gasteiger partial charge in [0.2, 0.25) is 29.1 Å². The van der Waals surface area contributed by atoms with Crippen LogP contribution in [0.1, 0.15) is 25.7 Å². The van der Waals surface area contributed by atoms with E-state index in [0.717, 1.165) is 4.88 Å². The lowest BCUT2D eigenvalue weighted by Gasteiger charge is -2.13. The molecule has 0 saturated carbocycles. The van der Waals surface area contributed by atoms with E-state index < -0.39 is 41.4 Å². The molecule has 0 N–H and O–H groups in total. The van der Waals surface area contributed by atoms with Gasteiger partial charge in [0.25, 0.3) is 0 Å². The highest BCUT2D eigenvalue weighted by Crippen LogP contribution is 2.31. The Morgan fingerprint density at radius 3 is 2.19 bits per heavy atom. The molecule has 0 amide bonds. The first kappa shape index (κ1) is 22.5. The van der Waals surface area contributed by atoms with Crippen molar-refractivity contribution in [2.24, 2.45) is 0 Å². The average molecular weight is 454 g/mol. The number of ether oxygens (including phenoxy) is 2. The molecule has 0 saturated heterocycles. The van der Waals surface area contributed by atoms with Gasteiger partial charge in [-0.1, -0.05) is 12.1 Å². The second-order valence-corrected chi connectivity index (χ2v) is 7.65. The molecule has 0 spiro atoms. The Bertz CT molecular complexity index is 1140. The number of ketones is 1. The highest BCUT2D eigenvalue weighted by Gasteiger charge is 2.27. The third kappa shape index (κ3) is 4.77. The molecule has 1 heterocycles. The Balaban J connectivity index is 1.84. The van der Waals surface area contributed by atoms with Gasteiger partial charge in [0.15, 0.2) is 11.5 Å². The van der Waals surface area contributed by atoms with Crippen LogP contribution in [0.5, 0.6) is 11.5 Å². The maximum Gasteiger partial charge on any atom is 0.207 e. The van der Waals surface area contributed by atoms with Gasteiger partial charge in [-0.25, -0.2) is 13.2 Å². The van der Waals surface area contributed by atoms with E-state index in [1.54, 1.807) is 12.1 Å². The monoisotopic (exact) mass is 454 g/mol. The van der Waals surface area contributed by atoms with Crippen LogP contribution in [-0.4, -0.2) is 12.9 Å². The van der Waals surface area contributed by atoms with Crippen molar-refractivity contribution >= 4 is 23.2 Å². The van der Waals surface area contributed by atoms with Crippen molar-refractivity contribution in [3.05, 3.63) is 86.4 Å². The molecule has 0 bridgehead atoms. The molecule has 0 aliphatic carbocycles. The van der Waals surface area contributed by atoms with E-state index >= 15 is 0 Å². The summed E-state index contributed by atoms with van der Waals surface area (Å²) in [4.78, 5) is 13.8. The summed E-state index contributed by atoms with van der Waals surface area (Å²) >= 11 is 1.35. The Morgan fingerprint density at radius 1 is 0.968 bits per heavy atom. The molecule has 9 heteroatoms. The summed E-state index contributed by atoms with van der Waals surface area (Å²) in [5.41, 5.74) is 0.812. The number of thiophene rings is 1. The van der Waals surface area contributed by atoms with E-state index in [1.807, 2.05) is 13.0 Å². The molecule has 162 valence electrons. The summed E-state index contributed by atoms with van der Waals surface area (Å²) in [6.07, 6.45) is 2.89. The zero-order valence-electron chi connectivity index (χ0n) is 16.3. The van der Waals surface area contributed by atoms with Crippen LogP contribution in [0, 0.1) is 36.0 Å². The van der Waals surface area contributed by atoms with Crippen molar-refractivity contribution in [1.82, 2.24) is 0 Å². The number of hydrogen-bond acceptors (Lipinski definition) is 4. The van der Waals surface area contributed by atoms with E-state index in [2.05, 4.69) is 0 Å². The van der Waals surface area contributed by atoms with Gasteiger partial charge in [-0.05, 0) is 42.8 Å². The molecular formula is C22H15F5O3S. The fourth-order valence-corrected chi connectivity index (χ4v) is 3.49. The van der Waals surface area contributed by atoms with Gasteiger partial charge in [-0.15, -0.1) is 11.3 Å². The first-order valence-electron chi connectivity index (χ1n) is 8.83. The predicted octanol–water partition coefficient (Wildman–Crippen LogP) is 6.24. The lowest BCUT2D eigenvalue weighted by Crippen LogP contribution is -2.07. The summed E-state index contributed by atoms with van der Waals surface area (Å²) in [7, 11) is 1.34. The van der Waals surface area contributed by atoms with Crippen molar-refractivity contribution in [2.45, 2.75) is 13.5 Å². The number of carbonyl (C=O) groups excluding carboxylic acids is 1. The second-order valence-electron chi connectivity index (χ2n) is 6.37. The number of aryl methyl sites for hydroxylation is 1. The number of carbonyl (C=O) groups is 1. The Kier molecular flexibility index (Phi) is 6.74. The number of methoxy groups -OCH3 is 1. The summed E-state index contributed by atoms with van der Waals surface area (Å²) < 4.78 is 77.5. The third-order valence-electron chi connectivity index (χ3n) is 4.26. The molecule has 0 unspecified atom stereocenters. The molecule has 1 aromatic heterocycles. The van der Waals surface area contributed by atoms with Gasteiger partial charge < -0.3 is 9.47 Å². The lowest BCUT2D eigenvalue weighted by molar-refractivity contribution is 0.105. The van der Waals surface area contributed by atoms with Crippen molar-refractivity contribution < 1.29 is 36.2 Å². The quantitative estimate of drug-likeness (QED) is 0.139. The lowest BCUT2D eigenvalue weighted by atomic mass is 10.1. The highest BCUT2D eigenvalue weighted by molar-refractivity contribution is 7.14. The van der Waals surface area contributed by atoms with Crippen molar-refractivity contribution in [1.29, 1.82) is 0 Å². The van der Waals surface area contributed by atoms with Crippen LogP contribution < -0.4 is 9.47 Å². The fraction of sp³-hybridized carbons (Fsp3) is 0.136. The van der Waals surface area contributed by atoms with Gasteiger partial charge >= 0.3 is 0 Å². The molecule has 0 fully saturated rings. The smallest absolute Gasteiger partial charge is 0.207 e. The van der Waals surface area contributed by atoms with Crippen LogP contribution in [0.4, 0.5) is 22.0 Å². The topological polar surface area (TPSA) is 35.5 Å². The Hall–Kier alpha value is -3.20. The van der Waals surface area contributed by atoms with Crippen molar-refractivity contribution in [3.8, 4) is 11.5 Å². The molecule has 0 atom stereocenters. The molecule has 0 aliphatic heterocycles. The molecule has 0 aliphatic rings. The van der Waals surface area contributed by atoms with Crippen LogP contribution in [0.15, 0.2) is 36.4 Å². The largest absolute Gasteiger partial charge is 0.496 e. The predicted molar refractivity (Wildman–Crippen MR) is 106 cm³/mol. The van der Waals surface area contributed by atoms with E-state index in [1.165, 1.54) is 42.7 Å². The molecule has 0 radical (unpaired) electrons. The van der Waals surface area contributed by atoms with E-state index in [4.69, 9.17) is 9.47 Å². The first-order chi connectivity index (χ1) is 14.7. The zero-order chi connectivity index (χ0) is 22.7. The molecular weight excluding hydrogens is 439 g/mol. The minimum absolute atomic E-state index is 0.201. The van der Waals surface area contributed by atoms with Crippen LogP contribution in [0.25, 0.3) is 6.08 Å². The number of benzene rings is 2. The summed E-state index contributed by atoms with van der Waals surface area (Å²) in [5.74, 6) is -11.9. The number of allylic oxidation sites excluding steroid dienone is 1. The molecule has 3 rings (SSSR count). The minimum Gasteiger partial charge on any atom is -0.496 e. The standard InChI is InChI=1S/C22H15F5O3S/c1-11-3-8-16(31-11)14(28)6-4-12-5-7-15(29-2)13(9-12)10-30-22-20(26)18(24)17(23)19(25)21(22)27/h3-9H,10H2,1-2H3/b6-4+. The van der Waals surface area contributed by atoms with Gasteiger partial charge in [0.05, 0.1) is 12.0 Å². The Morgan fingerprint density at radius 2 is 1.61 bits per heavy atom. The van der Waals surface area contributed by atoms with Gasteiger partial charge in [0.1, 0.15) is 12.4 Å². The van der Waals surface area contributed by atoms with E-state index in [9.17, 15) is 26.7 Å². The number of rotatable bonds is 7. The van der Waals surface area contributed by atoms with Gasteiger partial charge in [-0.2, -0.15) is 8.78 Å². The molecule has 3 aromatic rings. The first-order valence-corrected chi connectivity index (χ1v) is 9.64. The summed E-state index contributed by atoms with van der Waals surface area (Å²) in [6, 6.07) is 8.20. The average Bonchev–Trinajstić information content (AvgIpc) is 3.21. The Labute approximate surface area is 178 Å². The summed E-state index contributed by atoms with van der Waals surface area (Å²) in [6.45, 7) is 1.34. The van der Waals surface area contributed by atoms with Crippen molar-refractivity contribution in [3.63, 3.8) is 0 Å². The molecule has 3 nitrogen and oxygen atoms in total. The maximum absolute atomic E-state index is 13.8. The van der Waals surface area contributed by atoms with Crippen molar-refractivity contribution in [2.75, 3.05) is 7.11 Å². The van der Waals surface area contributed by atoms with E-state index in [-0.39, 0.29) is 17.1 Å².